The molecule has 0 amide bonds. The van der Waals surface area contributed by atoms with Crippen molar-refractivity contribution < 1.29 is 4.79 Å². The molecule has 19 heavy (non-hydrogen) atoms. The first-order valence-electron chi connectivity index (χ1n) is 7.20. The van der Waals surface area contributed by atoms with Crippen LogP contribution in [0.25, 0.3) is 10.9 Å². The summed E-state index contributed by atoms with van der Waals surface area (Å²) in [4.78, 5) is 16.3. The second-order valence-corrected chi connectivity index (χ2v) is 5.44. The maximum Gasteiger partial charge on any atom is 0.135 e. The molecule has 1 aliphatic rings. The SMILES string of the molecule is O=C1CCCCC1CCc1cccc2cccnc12. The fourth-order valence-corrected chi connectivity index (χ4v) is 3.06. The zero-order valence-corrected chi connectivity index (χ0v) is 11.1. The summed E-state index contributed by atoms with van der Waals surface area (Å²) in [5.74, 6) is 0.757. The van der Waals surface area contributed by atoms with Gasteiger partial charge in [0.2, 0.25) is 0 Å². The van der Waals surface area contributed by atoms with Crippen LogP contribution in [0.1, 0.15) is 37.7 Å². The topological polar surface area (TPSA) is 30.0 Å². The number of fused-ring (bicyclic) bond motifs is 1. The predicted octanol–water partition coefficient (Wildman–Crippen LogP) is 3.93. The molecule has 1 aromatic carbocycles. The van der Waals surface area contributed by atoms with Crippen molar-refractivity contribution in [3.63, 3.8) is 0 Å². The minimum atomic E-state index is 0.285. The van der Waals surface area contributed by atoms with Crippen LogP contribution in [-0.4, -0.2) is 10.8 Å². The van der Waals surface area contributed by atoms with E-state index in [-0.39, 0.29) is 5.92 Å². The van der Waals surface area contributed by atoms with Crippen LogP contribution in [0.3, 0.4) is 0 Å². The molecule has 0 saturated heterocycles. The van der Waals surface area contributed by atoms with Crippen LogP contribution in [0.4, 0.5) is 0 Å². The zero-order chi connectivity index (χ0) is 13.1. The molecule has 2 nitrogen and oxygen atoms in total. The van der Waals surface area contributed by atoms with Crippen LogP contribution in [-0.2, 0) is 11.2 Å². The van der Waals surface area contributed by atoms with Crippen molar-refractivity contribution in [2.75, 3.05) is 0 Å². The zero-order valence-electron chi connectivity index (χ0n) is 11.1. The van der Waals surface area contributed by atoms with Gasteiger partial charge in [0.1, 0.15) is 5.78 Å². The average molecular weight is 253 g/mol. The number of pyridine rings is 1. The van der Waals surface area contributed by atoms with Crippen LogP contribution < -0.4 is 0 Å². The number of aromatic nitrogens is 1. The summed E-state index contributed by atoms with van der Waals surface area (Å²) in [6.45, 7) is 0. The normalized spacial score (nSPS) is 19.8. The molecule has 1 unspecified atom stereocenters. The van der Waals surface area contributed by atoms with E-state index in [9.17, 15) is 4.79 Å². The molecule has 98 valence electrons. The first kappa shape index (κ1) is 12.3. The van der Waals surface area contributed by atoms with E-state index in [1.54, 1.807) is 0 Å². The Bertz CT molecular complexity index is 585. The van der Waals surface area contributed by atoms with Crippen molar-refractivity contribution in [2.45, 2.75) is 38.5 Å². The Balaban J connectivity index is 1.76. The highest BCUT2D eigenvalue weighted by Gasteiger charge is 2.21. The summed E-state index contributed by atoms with van der Waals surface area (Å²) in [5.41, 5.74) is 2.37. The molecule has 0 bridgehead atoms. The predicted molar refractivity (Wildman–Crippen MR) is 77.0 cm³/mol. The lowest BCUT2D eigenvalue weighted by molar-refractivity contribution is -0.124. The molecule has 1 saturated carbocycles. The number of carbonyl (C=O) groups is 1. The summed E-state index contributed by atoms with van der Waals surface area (Å²) in [6, 6.07) is 10.4. The first-order valence-corrected chi connectivity index (χ1v) is 7.20. The highest BCUT2D eigenvalue weighted by Crippen LogP contribution is 2.26. The maximum absolute atomic E-state index is 11.9. The number of para-hydroxylation sites is 1. The van der Waals surface area contributed by atoms with E-state index in [0.29, 0.717) is 5.78 Å². The molecule has 3 rings (SSSR count). The van der Waals surface area contributed by atoms with E-state index < -0.39 is 0 Å². The fraction of sp³-hybridized carbons (Fsp3) is 0.412. The van der Waals surface area contributed by atoms with E-state index in [4.69, 9.17) is 0 Å². The van der Waals surface area contributed by atoms with Crippen molar-refractivity contribution in [2.24, 2.45) is 5.92 Å². The van der Waals surface area contributed by atoms with Crippen LogP contribution in [0.15, 0.2) is 36.5 Å². The van der Waals surface area contributed by atoms with Crippen LogP contribution in [0, 0.1) is 5.92 Å². The number of hydrogen-bond donors (Lipinski definition) is 0. The minimum Gasteiger partial charge on any atom is -0.299 e. The molecule has 0 N–H and O–H groups in total. The molecular formula is C17H19NO. The van der Waals surface area contributed by atoms with E-state index in [0.717, 1.165) is 37.6 Å². The Labute approximate surface area is 113 Å². The highest BCUT2D eigenvalue weighted by molar-refractivity contribution is 5.83. The van der Waals surface area contributed by atoms with Crippen molar-refractivity contribution >= 4 is 16.7 Å². The number of benzene rings is 1. The monoisotopic (exact) mass is 253 g/mol. The minimum absolute atomic E-state index is 0.285. The number of rotatable bonds is 3. The Kier molecular flexibility index (Phi) is 3.58. The van der Waals surface area contributed by atoms with Gasteiger partial charge in [0.05, 0.1) is 5.52 Å². The number of hydrogen-bond acceptors (Lipinski definition) is 2. The summed E-state index contributed by atoms with van der Waals surface area (Å²) in [6.07, 6.45) is 7.96. The Morgan fingerprint density at radius 1 is 1.16 bits per heavy atom. The van der Waals surface area contributed by atoms with E-state index in [2.05, 4.69) is 29.2 Å². The van der Waals surface area contributed by atoms with Crippen LogP contribution >= 0.6 is 0 Å². The Hall–Kier alpha value is -1.70. The summed E-state index contributed by atoms with van der Waals surface area (Å²) in [5, 5.41) is 1.19. The molecule has 1 heterocycles. The highest BCUT2D eigenvalue weighted by atomic mass is 16.1. The molecule has 1 atom stereocenters. The third-order valence-electron chi connectivity index (χ3n) is 4.16. The second-order valence-electron chi connectivity index (χ2n) is 5.44. The van der Waals surface area contributed by atoms with Gasteiger partial charge in [-0.2, -0.15) is 0 Å². The quantitative estimate of drug-likeness (QED) is 0.829. The van der Waals surface area contributed by atoms with Gasteiger partial charge in [-0.3, -0.25) is 9.78 Å². The molecule has 1 aliphatic carbocycles. The lowest BCUT2D eigenvalue weighted by Crippen LogP contribution is -2.19. The molecule has 1 fully saturated rings. The second kappa shape index (κ2) is 5.52. The Morgan fingerprint density at radius 2 is 2.05 bits per heavy atom. The Morgan fingerprint density at radius 3 is 2.95 bits per heavy atom. The number of Topliss-reactive ketones (excluding diaryl/α,β-unsaturated/α-hetero) is 1. The third-order valence-corrected chi connectivity index (χ3v) is 4.16. The van der Waals surface area contributed by atoms with E-state index in [1.165, 1.54) is 17.4 Å². The van der Waals surface area contributed by atoms with Gasteiger partial charge in [-0.25, -0.2) is 0 Å². The summed E-state index contributed by atoms with van der Waals surface area (Å²) in [7, 11) is 0. The van der Waals surface area contributed by atoms with Crippen molar-refractivity contribution in [3.05, 3.63) is 42.1 Å². The summed E-state index contributed by atoms with van der Waals surface area (Å²) >= 11 is 0. The van der Waals surface area contributed by atoms with Crippen molar-refractivity contribution in [1.82, 2.24) is 4.98 Å². The molecule has 1 aromatic heterocycles. The molecule has 2 heteroatoms. The van der Waals surface area contributed by atoms with Gasteiger partial charge in [-0.05, 0) is 37.3 Å². The van der Waals surface area contributed by atoms with Gasteiger partial charge in [-0.1, -0.05) is 30.7 Å². The number of ketones is 1. The van der Waals surface area contributed by atoms with Crippen molar-refractivity contribution in [3.8, 4) is 0 Å². The van der Waals surface area contributed by atoms with Gasteiger partial charge in [0, 0.05) is 23.9 Å². The smallest absolute Gasteiger partial charge is 0.135 e. The lowest BCUT2D eigenvalue weighted by atomic mass is 9.84. The lowest BCUT2D eigenvalue weighted by Gasteiger charge is -2.20. The van der Waals surface area contributed by atoms with Gasteiger partial charge >= 0.3 is 0 Å². The first-order chi connectivity index (χ1) is 9.34. The van der Waals surface area contributed by atoms with E-state index in [1.807, 2.05) is 12.3 Å². The van der Waals surface area contributed by atoms with Gasteiger partial charge in [0.15, 0.2) is 0 Å². The maximum atomic E-state index is 11.9. The van der Waals surface area contributed by atoms with Gasteiger partial charge in [0.25, 0.3) is 0 Å². The standard InChI is InChI=1S/C17H19NO/c19-16-9-2-1-5-13(16)10-11-15-7-3-6-14-8-4-12-18-17(14)15/h3-4,6-8,12-13H,1-2,5,9-11H2. The number of nitrogens with zero attached hydrogens (tertiary/aromatic N) is 1. The van der Waals surface area contributed by atoms with E-state index >= 15 is 0 Å². The van der Waals surface area contributed by atoms with Crippen LogP contribution in [0.2, 0.25) is 0 Å². The van der Waals surface area contributed by atoms with Gasteiger partial charge < -0.3 is 0 Å². The van der Waals surface area contributed by atoms with Gasteiger partial charge in [-0.15, -0.1) is 0 Å². The molecule has 0 aliphatic heterocycles. The molecule has 0 spiro atoms. The van der Waals surface area contributed by atoms with Crippen LogP contribution in [0.5, 0.6) is 0 Å². The number of carbonyl (C=O) groups excluding carboxylic acids is 1. The fourth-order valence-electron chi connectivity index (χ4n) is 3.06. The largest absolute Gasteiger partial charge is 0.299 e. The molecule has 0 radical (unpaired) electrons. The number of aryl methyl sites for hydroxylation is 1. The summed E-state index contributed by atoms with van der Waals surface area (Å²) < 4.78 is 0. The third kappa shape index (κ3) is 2.67. The molecule has 2 aromatic rings. The average Bonchev–Trinajstić information content (AvgIpc) is 2.46. The molecular weight excluding hydrogens is 234 g/mol. The van der Waals surface area contributed by atoms with Crippen molar-refractivity contribution in [1.29, 1.82) is 0 Å².